The summed E-state index contributed by atoms with van der Waals surface area (Å²) in [6.07, 6.45) is 0.977. The van der Waals surface area contributed by atoms with Crippen LogP contribution in [0.25, 0.3) is 0 Å². The van der Waals surface area contributed by atoms with Gasteiger partial charge in [0.15, 0.2) is 0 Å². The second-order valence-corrected chi connectivity index (χ2v) is 4.96. The summed E-state index contributed by atoms with van der Waals surface area (Å²) < 4.78 is 5.64. The van der Waals surface area contributed by atoms with Gasteiger partial charge in [-0.3, -0.25) is 0 Å². The number of pyridine rings is 1. The molecule has 0 unspecified atom stereocenters. The van der Waals surface area contributed by atoms with Gasteiger partial charge in [0.25, 0.3) is 0 Å². The molecule has 0 amide bonds. The van der Waals surface area contributed by atoms with Crippen molar-refractivity contribution in [2.45, 2.75) is 20.0 Å². The number of anilines is 1. The van der Waals surface area contributed by atoms with Crippen LogP contribution in [0, 0.1) is 0 Å². The van der Waals surface area contributed by atoms with Crippen LogP contribution in [-0.4, -0.2) is 18.1 Å². The van der Waals surface area contributed by atoms with Gasteiger partial charge < -0.3 is 10.1 Å². The number of nitrogens with zero attached hydrogens (tertiary/aromatic N) is 1. The average Bonchev–Trinajstić information content (AvgIpc) is 2.89. The highest BCUT2D eigenvalue weighted by Crippen LogP contribution is 2.10. The van der Waals surface area contributed by atoms with Gasteiger partial charge in [0.2, 0.25) is 0 Å². The van der Waals surface area contributed by atoms with E-state index in [1.54, 1.807) is 11.3 Å². The second kappa shape index (κ2) is 7.13. The molecule has 0 saturated carbocycles. The van der Waals surface area contributed by atoms with Crippen LogP contribution in [0.2, 0.25) is 0 Å². The topological polar surface area (TPSA) is 34.1 Å². The molecule has 0 aliphatic heterocycles. The molecule has 0 spiro atoms. The van der Waals surface area contributed by atoms with Crippen molar-refractivity contribution in [3.63, 3.8) is 0 Å². The first-order valence-corrected chi connectivity index (χ1v) is 7.06. The Kier molecular flexibility index (Phi) is 5.17. The number of hydrogen-bond acceptors (Lipinski definition) is 4. The van der Waals surface area contributed by atoms with Gasteiger partial charge in [-0.25, -0.2) is 4.98 Å². The molecule has 0 fully saturated rings. The van der Waals surface area contributed by atoms with Gasteiger partial charge in [-0.15, -0.1) is 11.3 Å². The van der Waals surface area contributed by atoms with Crippen molar-refractivity contribution in [2.24, 2.45) is 0 Å². The van der Waals surface area contributed by atoms with E-state index in [1.165, 1.54) is 4.88 Å². The molecule has 2 aromatic heterocycles. The zero-order valence-electron chi connectivity index (χ0n) is 10.6. The van der Waals surface area contributed by atoms with E-state index in [-0.39, 0.29) is 0 Å². The predicted molar refractivity (Wildman–Crippen MR) is 76.1 cm³/mol. The zero-order chi connectivity index (χ0) is 12.6. The lowest BCUT2D eigenvalue weighted by molar-refractivity contribution is 0.122. The lowest BCUT2D eigenvalue weighted by Gasteiger charge is -2.06. The molecule has 2 heterocycles. The third kappa shape index (κ3) is 4.13. The maximum absolute atomic E-state index is 5.64. The van der Waals surface area contributed by atoms with Crippen LogP contribution in [0.1, 0.15) is 17.5 Å². The Hall–Kier alpha value is -1.39. The lowest BCUT2D eigenvalue weighted by Crippen LogP contribution is -2.03. The highest BCUT2D eigenvalue weighted by Gasteiger charge is 1.98. The monoisotopic (exact) mass is 262 g/mol. The minimum Gasteiger partial charge on any atom is -0.375 e. The summed E-state index contributed by atoms with van der Waals surface area (Å²) in [5.74, 6) is 0.914. The Morgan fingerprint density at radius 2 is 2.22 bits per heavy atom. The van der Waals surface area contributed by atoms with Gasteiger partial charge in [0.05, 0.1) is 18.9 Å². The van der Waals surface area contributed by atoms with Crippen molar-refractivity contribution in [2.75, 3.05) is 18.5 Å². The molecule has 4 heteroatoms. The Labute approximate surface area is 112 Å². The summed E-state index contributed by atoms with van der Waals surface area (Å²) in [7, 11) is 0. The number of nitrogens with one attached hydrogen (secondary N) is 1. The summed E-state index contributed by atoms with van der Waals surface area (Å²) in [4.78, 5) is 5.83. The smallest absolute Gasteiger partial charge is 0.126 e. The number of thiophene rings is 1. The third-order valence-electron chi connectivity index (χ3n) is 2.49. The van der Waals surface area contributed by atoms with E-state index in [1.807, 2.05) is 18.2 Å². The number of hydrogen-bond donors (Lipinski definition) is 1. The highest BCUT2D eigenvalue weighted by molar-refractivity contribution is 7.09. The molecule has 0 atom stereocenters. The Balaban J connectivity index is 1.74. The maximum atomic E-state index is 5.64. The molecule has 3 nitrogen and oxygen atoms in total. The first kappa shape index (κ1) is 13.1. The van der Waals surface area contributed by atoms with Gasteiger partial charge in [-0.05, 0) is 30.5 Å². The molecule has 1 N–H and O–H groups in total. The van der Waals surface area contributed by atoms with E-state index in [2.05, 4.69) is 34.7 Å². The number of ether oxygens (including phenoxy) is 1. The van der Waals surface area contributed by atoms with Crippen LogP contribution in [0.5, 0.6) is 0 Å². The molecular weight excluding hydrogens is 244 g/mol. The van der Waals surface area contributed by atoms with Crippen LogP contribution >= 0.6 is 11.3 Å². The average molecular weight is 262 g/mol. The quantitative estimate of drug-likeness (QED) is 0.777. The van der Waals surface area contributed by atoms with Crippen molar-refractivity contribution in [1.82, 2.24) is 4.98 Å². The molecular formula is C14H18N2OS. The normalized spacial score (nSPS) is 10.5. The summed E-state index contributed by atoms with van der Waals surface area (Å²) in [6.45, 7) is 4.26. The molecule has 2 aromatic rings. The summed E-state index contributed by atoms with van der Waals surface area (Å²) >= 11 is 1.77. The van der Waals surface area contributed by atoms with Crippen molar-refractivity contribution in [1.29, 1.82) is 0 Å². The molecule has 0 radical (unpaired) electrons. The molecule has 0 aliphatic carbocycles. The third-order valence-corrected chi connectivity index (χ3v) is 3.42. The fourth-order valence-corrected chi connectivity index (χ4v) is 2.33. The Morgan fingerprint density at radius 1 is 1.28 bits per heavy atom. The zero-order valence-corrected chi connectivity index (χ0v) is 11.4. The summed E-state index contributed by atoms with van der Waals surface area (Å²) in [5, 5.41) is 5.29. The van der Waals surface area contributed by atoms with Crippen molar-refractivity contribution < 1.29 is 4.74 Å². The van der Waals surface area contributed by atoms with Gasteiger partial charge >= 0.3 is 0 Å². The summed E-state index contributed by atoms with van der Waals surface area (Å²) in [6, 6.07) is 10.2. The molecule has 0 bridgehead atoms. The molecule has 18 heavy (non-hydrogen) atoms. The highest BCUT2D eigenvalue weighted by atomic mass is 32.1. The van der Waals surface area contributed by atoms with Crippen LogP contribution in [0.3, 0.4) is 0 Å². The fraction of sp³-hybridized carbons (Fsp3) is 0.357. The van der Waals surface area contributed by atoms with Crippen molar-refractivity contribution in [3.8, 4) is 0 Å². The SMILES string of the molecule is CCNc1cccc(COCCc2cccs2)n1. The van der Waals surface area contributed by atoms with Gasteiger partial charge in [0, 0.05) is 17.8 Å². The summed E-state index contributed by atoms with van der Waals surface area (Å²) in [5.41, 5.74) is 0.972. The Bertz CT molecular complexity index is 457. The number of aromatic nitrogens is 1. The van der Waals surface area contributed by atoms with E-state index in [0.29, 0.717) is 6.61 Å². The van der Waals surface area contributed by atoms with Gasteiger partial charge in [-0.1, -0.05) is 12.1 Å². The lowest BCUT2D eigenvalue weighted by atomic mass is 10.3. The van der Waals surface area contributed by atoms with Gasteiger partial charge in [-0.2, -0.15) is 0 Å². The van der Waals surface area contributed by atoms with E-state index in [9.17, 15) is 0 Å². The minimum absolute atomic E-state index is 0.574. The van der Waals surface area contributed by atoms with E-state index >= 15 is 0 Å². The molecule has 0 aromatic carbocycles. The van der Waals surface area contributed by atoms with Crippen LogP contribution in [0.4, 0.5) is 5.82 Å². The number of rotatable bonds is 7. The van der Waals surface area contributed by atoms with E-state index in [0.717, 1.165) is 31.1 Å². The maximum Gasteiger partial charge on any atom is 0.126 e. The van der Waals surface area contributed by atoms with Crippen molar-refractivity contribution >= 4 is 17.2 Å². The largest absolute Gasteiger partial charge is 0.375 e. The van der Waals surface area contributed by atoms with E-state index in [4.69, 9.17) is 4.74 Å². The van der Waals surface area contributed by atoms with Gasteiger partial charge in [0.1, 0.15) is 5.82 Å². The van der Waals surface area contributed by atoms with Crippen molar-refractivity contribution in [3.05, 3.63) is 46.3 Å². The standard InChI is InChI=1S/C14H18N2OS/c1-2-15-14-7-3-5-12(16-14)11-17-9-8-13-6-4-10-18-13/h3-7,10H,2,8-9,11H2,1H3,(H,15,16). The Morgan fingerprint density at radius 3 is 3.00 bits per heavy atom. The molecule has 0 aliphatic rings. The van der Waals surface area contributed by atoms with Crippen LogP contribution < -0.4 is 5.32 Å². The molecule has 96 valence electrons. The minimum atomic E-state index is 0.574. The molecule has 0 saturated heterocycles. The first-order chi connectivity index (χ1) is 8.88. The second-order valence-electron chi connectivity index (χ2n) is 3.93. The first-order valence-electron chi connectivity index (χ1n) is 6.18. The van der Waals surface area contributed by atoms with Crippen LogP contribution in [-0.2, 0) is 17.8 Å². The van der Waals surface area contributed by atoms with Crippen LogP contribution in [0.15, 0.2) is 35.7 Å². The molecule has 2 rings (SSSR count). The van der Waals surface area contributed by atoms with E-state index < -0.39 is 0 Å². The predicted octanol–water partition coefficient (Wildman–Crippen LogP) is 3.33. The fourth-order valence-electron chi connectivity index (χ4n) is 1.64.